The lowest BCUT2D eigenvalue weighted by Crippen LogP contribution is -2.04. The van der Waals surface area contributed by atoms with E-state index in [9.17, 15) is 14.5 Å². The molecule has 0 unspecified atom stereocenters. The zero-order valence-electron chi connectivity index (χ0n) is 12.8. The highest BCUT2D eigenvalue weighted by molar-refractivity contribution is 6.32. The molecular formula is C16H11ClFN3O4. The average Bonchev–Trinajstić information content (AvgIpc) is 3.07. The van der Waals surface area contributed by atoms with E-state index >= 15 is 0 Å². The van der Waals surface area contributed by atoms with Gasteiger partial charge in [0.2, 0.25) is 5.89 Å². The number of rotatable bonds is 5. The van der Waals surface area contributed by atoms with Crippen LogP contribution in [0.2, 0.25) is 5.02 Å². The summed E-state index contributed by atoms with van der Waals surface area (Å²) >= 11 is 5.99. The molecule has 0 aliphatic heterocycles. The first kappa shape index (κ1) is 16.8. The summed E-state index contributed by atoms with van der Waals surface area (Å²) in [6, 6.07) is 9.49. The zero-order chi connectivity index (χ0) is 18.0. The van der Waals surface area contributed by atoms with Crippen molar-refractivity contribution in [1.29, 1.82) is 0 Å². The fourth-order valence-corrected chi connectivity index (χ4v) is 2.27. The lowest BCUT2D eigenvalue weighted by Gasteiger charge is -2.12. The van der Waals surface area contributed by atoms with E-state index in [4.69, 9.17) is 20.8 Å². The lowest BCUT2D eigenvalue weighted by atomic mass is 10.2. The van der Waals surface area contributed by atoms with Crippen molar-refractivity contribution in [3.05, 3.63) is 69.3 Å². The topological polar surface area (TPSA) is 91.3 Å². The normalized spacial score (nSPS) is 12.0. The molecule has 0 aliphatic rings. The number of hydrogen-bond acceptors (Lipinski definition) is 6. The Morgan fingerprint density at radius 3 is 2.60 bits per heavy atom. The van der Waals surface area contributed by atoms with E-state index in [0.29, 0.717) is 5.56 Å². The largest absolute Gasteiger partial charge is 0.479 e. The molecule has 7 nitrogen and oxygen atoms in total. The van der Waals surface area contributed by atoms with Crippen LogP contribution in [0.1, 0.15) is 18.9 Å². The summed E-state index contributed by atoms with van der Waals surface area (Å²) in [5, 5.41) is 18.6. The molecule has 0 fully saturated rings. The van der Waals surface area contributed by atoms with Gasteiger partial charge >= 0.3 is 0 Å². The Kier molecular flexibility index (Phi) is 4.62. The minimum Gasteiger partial charge on any atom is -0.479 e. The van der Waals surface area contributed by atoms with Gasteiger partial charge in [-0.25, -0.2) is 4.39 Å². The molecule has 0 N–H and O–H groups in total. The first-order valence-electron chi connectivity index (χ1n) is 7.14. The van der Waals surface area contributed by atoms with Crippen molar-refractivity contribution in [2.24, 2.45) is 0 Å². The van der Waals surface area contributed by atoms with Crippen LogP contribution >= 0.6 is 11.6 Å². The predicted octanol–water partition coefficient (Wildman–Crippen LogP) is 4.58. The van der Waals surface area contributed by atoms with Gasteiger partial charge in [0.1, 0.15) is 11.6 Å². The number of halogens is 2. The number of hydrogen-bond donors (Lipinski definition) is 0. The number of nitro benzene ring substituents is 1. The van der Waals surface area contributed by atoms with Crippen molar-refractivity contribution in [1.82, 2.24) is 10.2 Å². The van der Waals surface area contributed by atoms with Crippen LogP contribution in [-0.4, -0.2) is 15.1 Å². The van der Waals surface area contributed by atoms with Gasteiger partial charge < -0.3 is 9.15 Å². The third-order valence-electron chi connectivity index (χ3n) is 3.31. The Morgan fingerprint density at radius 1 is 1.24 bits per heavy atom. The highest BCUT2D eigenvalue weighted by Crippen LogP contribution is 2.32. The van der Waals surface area contributed by atoms with Gasteiger partial charge in [-0.15, -0.1) is 10.2 Å². The number of non-ortho nitro benzene ring substituents is 1. The molecule has 1 aromatic heterocycles. The van der Waals surface area contributed by atoms with Crippen LogP contribution in [0.25, 0.3) is 11.5 Å². The quantitative estimate of drug-likeness (QED) is 0.486. The van der Waals surface area contributed by atoms with Crippen LogP contribution in [0.4, 0.5) is 10.1 Å². The number of benzene rings is 2. The zero-order valence-corrected chi connectivity index (χ0v) is 13.6. The molecule has 3 aromatic rings. The highest BCUT2D eigenvalue weighted by atomic mass is 35.5. The Labute approximate surface area is 146 Å². The Morgan fingerprint density at radius 2 is 1.96 bits per heavy atom. The summed E-state index contributed by atoms with van der Waals surface area (Å²) < 4.78 is 24.1. The summed E-state index contributed by atoms with van der Waals surface area (Å²) in [5.74, 6) is 0.295. The van der Waals surface area contributed by atoms with Crippen molar-refractivity contribution in [3.63, 3.8) is 0 Å². The number of ether oxygens (including phenoxy) is 1. The smallest absolute Gasteiger partial charge is 0.271 e. The summed E-state index contributed by atoms with van der Waals surface area (Å²) in [6.07, 6.45) is -0.638. The minimum absolute atomic E-state index is 0.0966. The van der Waals surface area contributed by atoms with Gasteiger partial charge in [-0.05, 0) is 37.3 Å². The first-order chi connectivity index (χ1) is 11.9. The molecule has 0 bridgehead atoms. The highest BCUT2D eigenvalue weighted by Gasteiger charge is 2.19. The SMILES string of the molecule is C[C@H](Oc1ccc([N+](=O)[O-])cc1Cl)c1nnc(-c2ccc(F)cc2)o1. The second-order valence-corrected chi connectivity index (χ2v) is 5.49. The maximum Gasteiger partial charge on any atom is 0.271 e. The van der Waals surface area contributed by atoms with E-state index in [1.807, 2.05) is 0 Å². The van der Waals surface area contributed by atoms with Crippen molar-refractivity contribution in [2.45, 2.75) is 13.0 Å². The Balaban J connectivity index is 1.77. The number of nitro groups is 1. The fraction of sp³-hybridized carbons (Fsp3) is 0.125. The van der Waals surface area contributed by atoms with Gasteiger partial charge in [0.25, 0.3) is 11.6 Å². The minimum atomic E-state index is -0.638. The third kappa shape index (κ3) is 3.74. The molecule has 0 spiro atoms. The molecule has 25 heavy (non-hydrogen) atoms. The van der Waals surface area contributed by atoms with Crippen LogP contribution < -0.4 is 4.74 Å². The van der Waals surface area contributed by atoms with Crippen LogP contribution in [0.3, 0.4) is 0 Å². The maximum atomic E-state index is 13.0. The molecule has 0 aliphatic carbocycles. The number of nitrogens with zero attached hydrogens (tertiary/aromatic N) is 3. The second-order valence-electron chi connectivity index (χ2n) is 5.08. The first-order valence-corrected chi connectivity index (χ1v) is 7.52. The summed E-state index contributed by atoms with van der Waals surface area (Å²) in [6.45, 7) is 1.67. The molecule has 3 rings (SSSR count). The van der Waals surface area contributed by atoms with Gasteiger partial charge in [-0.1, -0.05) is 11.6 Å². The van der Waals surface area contributed by atoms with E-state index in [0.717, 1.165) is 0 Å². The van der Waals surface area contributed by atoms with Gasteiger partial charge in [0.15, 0.2) is 6.10 Å². The van der Waals surface area contributed by atoms with Gasteiger partial charge in [-0.2, -0.15) is 0 Å². The van der Waals surface area contributed by atoms with Crippen LogP contribution in [-0.2, 0) is 0 Å². The van der Waals surface area contributed by atoms with Crippen LogP contribution in [0, 0.1) is 15.9 Å². The molecule has 0 saturated carbocycles. The van der Waals surface area contributed by atoms with E-state index in [1.165, 1.54) is 42.5 Å². The van der Waals surface area contributed by atoms with Gasteiger partial charge in [0, 0.05) is 17.7 Å². The Hall–Kier alpha value is -3.00. The summed E-state index contributed by atoms with van der Waals surface area (Å²) in [5.41, 5.74) is 0.433. The lowest BCUT2D eigenvalue weighted by molar-refractivity contribution is -0.384. The van der Waals surface area contributed by atoms with Crippen LogP contribution in [0.15, 0.2) is 46.9 Å². The maximum absolute atomic E-state index is 13.0. The second kappa shape index (κ2) is 6.86. The van der Waals surface area contributed by atoms with Crippen LogP contribution in [0.5, 0.6) is 5.75 Å². The molecule has 2 aromatic carbocycles. The molecule has 9 heteroatoms. The van der Waals surface area contributed by atoms with E-state index in [-0.39, 0.29) is 34.1 Å². The monoisotopic (exact) mass is 363 g/mol. The molecule has 0 amide bonds. The van der Waals surface area contributed by atoms with Gasteiger partial charge in [-0.3, -0.25) is 10.1 Å². The fourth-order valence-electron chi connectivity index (χ4n) is 2.05. The average molecular weight is 364 g/mol. The number of aromatic nitrogens is 2. The molecule has 1 atom stereocenters. The molecular weight excluding hydrogens is 353 g/mol. The molecule has 0 radical (unpaired) electrons. The Bertz CT molecular complexity index is 914. The summed E-state index contributed by atoms with van der Waals surface area (Å²) in [7, 11) is 0. The van der Waals surface area contributed by atoms with Crippen molar-refractivity contribution in [2.75, 3.05) is 0 Å². The molecule has 128 valence electrons. The van der Waals surface area contributed by atoms with Gasteiger partial charge in [0.05, 0.1) is 9.95 Å². The molecule has 0 saturated heterocycles. The summed E-state index contributed by atoms with van der Waals surface area (Å²) in [4.78, 5) is 10.2. The van der Waals surface area contributed by atoms with E-state index in [2.05, 4.69) is 10.2 Å². The molecule has 1 heterocycles. The van der Waals surface area contributed by atoms with E-state index in [1.54, 1.807) is 6.92 Å². The third-order valence-corrected chi connectivity index (χ3v) is 3.60. The van der Waals surface area contributed by atoms with Crippen molar-refractivity contribution >= 4 is 17.3 Å². The predicted molar refractivity (Wildman–Crippen MR) is 86.8 cm³/mol. The standard InChI is InChI=1S/C16H11ClFN3O4/c1-9(24-14-7-6-12(21(22)23)8-13(14)17)15-19-20-16(25-15)10-2-4-11(18)5-3-10/h2-9H,1H3/t9-/m0/s1. The van der Waals surface area contributed by atoms with Crippen molar-refractivity contribution in [3.8, 4) is 17.2 Å². The van der Waals surface area contributed by atoms with Crippen molar-refractivity contribution < 1.29 is 18.5 Å². The van der Waals surface area contributed by atoms with E-state index < -0.39 is 11.0 Å².